The van der Waals surface area contributed by atoms with E-state index in [1.54, 1.807) is 7.11 Å². The molecule has 0 aliphatic carbocycles. The molecule has 2 unspecified atom stereocenters. The molecule has 2 saturated heterocycles. The van der Waals surface area contributed by atoms with Crippen molar-refractivity contribution in [1.29, 1.82) is 0 Å². The van der Waals surface area contributed by atoms with Gasteiger partial charge in [-0.3, -0.25) is 4.90 Å². The first-order valence-corrected chi connectivity index (χ1v) is 12.0. The molecule has 1 aromatic heterocycles. The van der Waals surface area contributed by atoms with Crippen LogP contribution in [0.5, 0.6) is 5.75 Å². The minimum Gasteiger partial charge on any atom is -0.497 e. The number of ether oxygens (including phenoxy) is 1. The highest BCUT2D eigenvalue weighted by atomic mass is 79.9. The first-order valence-electron chi connectivity index (χ1n) is 10.8. The number of halogens is 4. The fourth-order valence-electron chi connectivity index (χ4n) is 5.48. The number of nitrogens with zero attached hydrogens (tertiary/aromatic N) is 4. The summed E-state index contributed by atoms with van der Waals surface area (Å²) in [7, 11) is 1.66. The van der Waals surface area contributed by atoms with Crippen LogP contribution in [-0.2, 0) is 6.54 Å². The third-order valence-electron chi connectivity index (χ3n) is 7.15. The van der Waals surface area contributed by atoms with Crippen molar-refractivity contribution < 1.29 is 13.5 Å². The Morgan fingerprint density at radius 2 is 1.73 bits per heavy atom. The monoisotopic (exact) mass is 536 g/mol. The van der Waals surface area contributed by atoms with Crippen LogP contribution in [0.3, 0.4) is 0 Å². The Balaban J connectivity index is 1.52. The van der Waals surface area contributed by atoms with E-state index in [4.69, 9.17) is 16.3 Å². The van der Waals surface area contributed by atoms with Gasteiger partial charge in [0.1, 0.15) is 22.9 Å². The molecule has 2 aliphatic rings. The van der Waals surface area contributed by atoms with Crippen LogP contribution in [0.2, 0.25) is 5.28 Å². The topological polar surface area (TPSA) is 41.5 Å². The molecule has 2 fully saturated rings. The van der Waals surface area contributed by atoms with Gasteiger partial charge in [-0.1, -0.05) is 12.1 Å². The molecule has 5 nitrogen and oxygen atoms in total. The van der Waals surface area contributed by atoms with Crippen molar-refractivity contribution in [1.82, 2.24) is 14.9 Å². The van der Waals surface area contributed by atoms with Gasteiger partial charge in [-0.2, -0.15) is 4.98 Å². The summed E-state index contributed by atoms with van der Waals surface area (Å²) in [5.74, 6) is -0.152. The van der Waals surface area contributed by atoms with Crippen molar-refractivity contribution in [3.8, 4) is 5.75 Å². The molecular formula is C24H24BrClF2N4O. The molecule has 0 amide bonds. The summed E-state index contributed by atoms with van der Waals surface area (Å²) in [6.07, 6.45) is 2.03. The largest absolute Gasteiger partial charge is 0.497 e. The molecule has 9 heteroatoms. The summed E-state index contributed by atoms with van der Waals surface area (Å²) >= 11 is 9.14. The summed E-state index contributed by atoms with van der Waals surface area (Å²) in [4.78, 5) is 13.1. The summed E-state index contributed by atoms with van der Waals surface area (Å²) in [5, 5.41) is 0.269. The zero-order chi connectivity index (χ0) is 23.5. The van der Waals surface area contributed by atoms with Gasteiger partial charge < -0.3 is 9.64 Å². The first-order chi connectivity index (χ1) is 15.6. The van der Waals surface area contributed by atoms with Gasteiger partial charge in [-0.15, -0.1) is 0 Å². The second kappa shape index (κ2) is 8.03. The predicted octanol–water partition coefficient (Wildman–Crippen LogP) is 5.97. The van der Waals surface area contributed by atoms with Crippen LogP contribution in [-0.4, -0.2) is 46.1 Å². The maximum atomic E-state index is 14.8. The van der Waals surface area contributed by atoms with Crippen molar-refractivity contribution in [3.63, 3.8) is 0 Å². The van der Waals surface area contributed by atoms with Crippen molar-refractivity contribution in [3.05, 3.63) is 57.3 Å². The maximum absolute atomic E-state index is 14.8. The SMILES string of the molecule is COc1ccc(CN2C3(C)CCC2(C)CN(c2nc(Cl)nc4c(F)c(Br)c(F)cc24)C3)cc1. The zero-order valence-electron chi connectivity index (χ0n) is 18.6. The van der Waals surface area contributed by atoms with E-state index in [0.717, 1.165) is 25.1 Å². The number of rotatable bonds is 4. The quantitative estimate of drug-likeness (QED) is 0.303. The first kappa shape index (κ1) is 22.7. The van der Waals surface area contributed by atoms with Crippen molar-refractivity contribution in [2.24, 2.45) is 0 Å². The van der Waals surface area contributed by atoms with Crippen LogP contribution in [0, 0.1) is 11.6 Å². The minimum absolute atomic E-state index is 0.0154. The van der Waals surface area contributed by atoms with Gasteiger partial charge in [0.05, 0.1) is 11.6 Å². The number of fused-ring (bicyclic) bond motifs is 3. The van der Waals surface area contributed by atoms with Crippen molar-refractivity contribution in [2.45, 2.75) is 44.3 Å². The van der Waals surface area contributed by atoms with Crippen LogP contribution in [0.1, 0.15) is 32.3 Å². The van der Waals surface area contributed by atoms with Crippen LogP contribution < -0.4 is 9.64 Å². The van der Waals surface area contributed by atoms with E-state index in [1.165, 1.54) is 11.6 Å². The summed E-state index contributed by atoms with van der Waals surface area (Å²) in [6.45, 7) is 6.64. The number of aromatic nitrogens is 2. The van der Waals surface area contributed by atoms with Gasteiger partial charge in [0.2, 0.25) is 5.28 Å². The number of piperazine rings is 1. The number of hydrogen-bond donors (Lipinski definition) is 0. The van der Waals surface area contributed by atoms with Gasteiger partial charge in [0.15, 0.2) is 5.82 Å². The van der Waals surface area contributed by atoms with E-state index in [2.05, 4.69) is 61.7 Å². The lowest BCUT2D eigenvalue weighted by Crippen LogP contribution is -2.65. The van der Waals surface area contributed by atoms with E-state index in [-0.39, 0.29) is 26.4 Å². The van der Waals surface area contributed by atoms with E-state index in [0.29, 0.717) is 24.3 Å². The molecular weight excluding hydrogens is 514 g/mol. The molecule has 2 atom stereocenters. The van der Waals surface area contributed by atoms with E-state index in [1.807, 2.05) is 12.1 Å². The molecule has 174 valence electrons. The molecule has 2 aromatic carbocycles. The van der Waals surface area contributed by atoms with Crippen LogP contribution in [0.4, 0.5) is 14.6 Å². The summed E-state index contributed by atoms with van der Waals surface area (Å²) in [5.41, 5.74) is 0.960. The Morgan fingerprint density at radius 3 is 2.33 bits per heavy atom. The number of benzene rings is 2. The fourth-order valence-corrected chi connectivity index (χ4v) is 5.95. The Hall–Kier alpha value is -2.03. The third kappa shape index (κ3) is 3.76. The average Bonchev–Trinajstić information content (AvgIpc) is 2.93. The van der Waals surface area contributed by atoms with Gasteiger partial charge in [0, 0.05) is 36.1 Å². The molecule has 3 aromatic rings. The second-order valence-corrected chi connectivity index (χ2v) is 10.6. The van der Waals surface area contributed by atoms with Crippen molar-refractivity contribution in [2.75, 3.05) is 25.1 Å². The highest BCUT2D eigenvalue weighted by Crippen LogP contribution is 2.48. The average molecular weight is 538 g/mol. The Bertz CT molecular complexity index is 1220. The summed E-state index contributed by atoms with van der Waals surface area (Å²) in [6, 6.07) is 9.43. The van der Waals surface area contributed by atoms with Gasteiger partial charge in [0.25, 0.3) is 0 Å². The van der Waals surface area contributed by atoms with Crippen molar-refractivity contribution >= 4 is 44.3 Å². The predicted molar refractivity (Wildman–Crippen MR) is 129 cm³/mol. The highest BCUT2D eigenvalue weighted by Gasteiger charge is 2.55. The molecule has 0 saturated carbocycles. The normalized spacial score (nSPS) is 25.1. The Morgan fingerprint density at radius 1 is 1.09 bits per heavy atom. The van der Waals surface area contributed by atoms with Crippen LogP contribution in [0.15, 0.2) is 34.8 Å². The van der Waals surface area contributed by atoms with E-state index < -0.39 is 11.6 Å². The third-order valence-corrected chi connectivity index (χ3v) is 8.04. The number of anilines is 1. The molecule has 2 aliphatic heterocycles. The molecule has 2 bridgehead atoms. The molecule has 0 spiro atoms. The number of methoxy groups -OCH3 is 1. The van der Waals surface area contributed by atoms with Gasteiger partial charge in [-0.05, 0) is 78.0 Å². The molecule has 5 rings (SSSR count). The second-order valence-electron chi connectivity index (χ2n) is 9.48. The van der Waals surface area contributed by atoms with E-state index >= 15 is 0 Å². The van der Waals surface area contributed by atoms with Gasteiger partial charge in [-0.25, -0.2) is 13.8 Å². The highest BCUT2D eigenvalue weighted by molar-refractivity contribution is 9.10. The zero-order valence-corrected chi connectivity index (χ0v) is 21.0. The smallest absolute Gasteiger partial charge is 0.225 e. The Labute approximate surface area is 204 Å². The molecule has 0 radical (unpaired) electrons. The molecule has 3 heterocycles. The lowest BCUT2D eigenvalue weighted by atomic mass is 9.93. The van der Waals surface area contributed by atoms with E-state index in [9.17, 15) is 8.78 Å². The van der Waals surface area contributed by atoms with Crippen LogP contribution >= 0.6 is 27.5 Å². The van der Waals surface area contributed by atoms with Crippen LogP contribution in [0.25, 0.3) is 10.9 Å². The minimum atomic E-state index is -0.769. The molecule has 0 N–H and O–H groups in total. The fraction of sp³-hybridized carbons (Fsp3) is 0.417. The standard InChI is InChI=1S/C24H24BrClF2N4O/c1-23-8-9-24(2,32(23)11-14-4-6-15(33-3)7-5-14)13-31(12-23)21-16-10-17(27)18(25)19(28)20(16)29-22(26)30-21/h4-7,10H,8-9,11-13H2,1-3H3. The lowest BCUT2D eigenvalue weighted by Gasteiger charge is -2.53. The Kier molecular flexibility index (Phi) is 5.53. The number of hydrogen-bond acceptors (Lipinski definition) is 5. The molecule has 33 heavy (non-hydrogen) atoms. The summed E-state index contributed by atoms with van der Waals surface area (Å²) < 4.78 is 34.2. The lowest BCUT2D eigenvalue weighted by molar-refractivity contribution is 0.0302. The maximum Gasteiger partial charge on any atom is 0.225 e. The van der Waals surface area contributed by atoms with Gasteiger partial charge >= 0.3 is 0 Å².